The number of carbonyl (C=O) groups excluding carboxylic acids is 2. The average Bonchev–Trinajstić information content (AvgIpc) is 2.74. The van der Waals surface area contributed by atoms with E-state index in [-0.39, 0.29) is 17.7 Å². The fourth-order valence-corrected chi connectivity index (χ4v) is 3.30. The fourth-order valence-electron chi connectivity index (χ4n) is 3.30. The van der Waals surface area contributed by atoms with Crippen LogP contribution in [0.3, 0.4) is 0 Å². The van der Waals surface area contributed by atoms with E-state index >= 15 is 0 Å². The van der Waals surface area contributed by atoms with Gasteiger partial charge in [-0.3, -0.25) is 15.0 Å². The molecule has 0 bridgehead atoms. The molecule has 0 radical (unpaired) electrons. The largest absolute Gasteiger partial charge is 0.493 e. The van der Waals surface area contributed by atoms with Crippen LogP contribution in [0.1, 0.15) is 28.8 Å². The monoisotopic (exact) mass is 367 g/mol. The minimum atomic E-state index is -0.242. The molecule has 2 aromatic carbocycles. The van der Waals surface area contributed by atoms with Crippen molar-refractivity contribution in [2.45, 2.75) is 19.3 Å². The zero-order valence-electron chi connectivity index (χ0n) is 15.3. The van der Waals surface area contributed by atoms with E-state index in [1.54, 1.807) is 17.0 Å². The molecule has 1 aliphatic heterocycles. The third-order valence-corrected chi connectivity index (χ3v) is 4.83. The maximum atomic E-state index is 12.7. The number of nitrogens with one attached hydrogen (secondary N) is 1. The first kappa shape index (κ1) is 18.9. The Labute approximate surface area is 159 Å². The van der Waals surface area contributed by atoms with Gasteiger partial charge in [-0.25, -0.2) is 5.84 Å². The normalized spacial score (nSPS) is 16.6. The van der Waals surface area contributed by atoms with E-state index in [9.17, 15) is 9.59 Å². The molecular formula is C21H25N3O3. The third kappa shape index (κ3) is 5.08. The summed E-state index contributed by atoms with van der Waals surface area (Å²) in [5.41, 5.74) is 4.00. The highest BCUT2D eigenvalue weighted by molar-refractivity contribution is 5.94. The SMILES string of the molecule is NNC(=O)C1CCCN(C(=O)c2ccc(OCCc3ccccc3)cc2)C1. The summed E-state index contributed by atoms with van der Waals surface area (Å²) < 4.78 is 5.76. The first-order valence-corrected chi connectivity index (χ1v) is 9.24. The van der Waals surface area contributed by atoms with Gasteiger partial charge in [0.1, 0.15) is 5.75 Å². The van der Waals surface area contributed by atoms with Crippen molar-refractivity contribution < 1.29 is 14.3 Å². The van der Waals surface area contributed by atoms with E-state index in [0.717, 1.165) is 25.0 Å². The van der Waals surface area contributed by atoms with Crippen molar-refractivity contribution in [2.75, 3.05) is 19.7 Å². The highest BCUT2D eigenvalue weighted by Gasteiger charge is 2.28. The van der Waals surface area contributed by atoms with Gasteiger partial charge < -0.3 is 9.64 Å². The van der Waals surface area contributed by atoms with Gasteiger partial charge in [-0.1, -0.05) is 30.3 Å². The summed E-state index contributed by atoms with van der Waals surface area (Å²) in [6.07, 6.45) is 2.38. The van der Waals surface area contributed by atoms with Gasteiger partial charge in [0.05, 0.1) is 12.5 Å². The average molecular weight is 367 g/mol. The number of benzene rings is 2. The molecule has 6 nitrogen and oxygen atoms in total. The lowest BCUT2D eigenvalue weighted by molar-refractivity contribution is -0.126. The summed E-state index contributed by atoms with van der Waals surface area (Å²) in [5.74, 6) is 5.43. The predicted octanol–water partition coefficient (Wildman–Crippen LogP) is 2.15. The minimum absolute atomic E-state index is 0.0691. The van der Waals surface area contributed by atoms with Crippen LogP contribution in [-0.4, -0.2) is 36.4 Å². The number of ether oxygens (including phenoxy) is 1. The lowest BCUT2D eigenvalue weighted by atomic mass is 9.97. The second kappa shape index (κ2) is 9.19. The van der Waals surface area contributed by atoms with Crippen LogP contribution in [0.15, 0.2) is 54.6 Å². The van der Waals surface area contributed by atoms with E-state index in [4.69, 9.17) is 10.6 Å². The minimum Gasteiger partial charge on any atom is -0.493 e. The summed E-state index contributed by atoms with van der Waals surface area (Å²) in [4.78, 5) is 26.1. The Kier molecular flexibility index (Phi) is 6.44. The first-order valence-electron chi connectivity index (χ1n) is 9.24. The lowest BCUT2D eigenvalue weighted by Gasteiger charge is -2.31. The quantitative estimate of drug-likeness (QED) is 0.465. The summed E-state index contributed by atoms with van der Waals surface area (Å²) in [6.45, 7) is 1.64. The third-order valence-electron chi connectivity index (χ3n) is 4.83. The Morgan fingerprint density at radius 2 is 1.85 bits per heavy atom. The van der Waals surface area contributed by atoms with Gasteiger partial charge in [0.15, 0.2) is 0 Å². The molecule has 1 heterocycles. The number of nitrogens with two attached hydrogens (primary N) is 1. The molecular weight excluding hydrogens is 342 g/mol. The van der Waals surface area contributed by atoms with Crippen LogP contribution in [0.5, 0.6) is 5.75 Å². The molecule has 142 valence electrons. The van der Waals surface area contributed by atoms with Crippen LogP contribution < -0.4 is 16.0 Å². The Morgan fingerprint density at radius 3 is 2.56 bits per heavy atom. The van der Waals surface area contributed by atoms with E-state index in [0.29, 0.717) is 25.3 Å². The van der Waals surface area contributed by atoms with Crippen molar-refractivity contribution in [3.63, 3.8) is 0 Å². The van der Waals surface area contributed by atoms with Crippen LogP contribution in [0.25, 0.3) is 0 Å². The van der Waals surface area contributed by atoms with Gasteiger partial charge in [0.2, 0.25) is 5.91 Å². The van der Waals surface area contributed by atoms with Crippen molar-refractivity contribution in [3.8, 4) is 5.75 Å². The highest BCUT2D eigenvalue weighted by atomic mass is 16.5. The fraction of sp³-hybridized carbons (Fsp3) is 0.333. The number of hydrazine groups is 1. The second-order valence-electron chi connectivity index (χ2n) is 6.71. The molecule has 0 saturated carbocycles. The number of amides is 2. The van der Waals surface area contributed by atoms with Crippen LogP contribution in [0.2, 0.25) is 0 Å². The van der Waals surface area contributed by atoms with Gasteiger partial charge in [0, 0.05) is 25.1 Å². The molecule has 1 aliphatic rings. The number of hydrogen-bond acceptors (Lipinski definition) is 4. The molecule has 1 unspecified atom stereocenters. The summed E-state index contributed by atoms with van der Waals surface area (Å²) in [5, 5.41) is 0. The number of hydrogen-bond donors (Lipinski definition) is 2. The number of carbonyl (C=O) groups is 2. The van der Waals surface area contributed by atoms with Crippen LogP contribution in [0, 0.1) is 5.92 Å². The van der Waals surface area contributed by atoms with Crippen LogP contribution in [0.4, 0.5) is 0 Å². The zero-order valence-corrected chi connectivity index (χ0v) is 15.3. The van der Waals surface area contributed by atoms with Gasteiger partial charge in [-0.15, -0.1) is 0 Å². The maximum Gasteiger partial charge on any atom is 0.253 e. The molecule has 2 amide bonds. The van der Waals surface area contributed by atoms with E-state index in [2.05, 4.69) is 17.6 Å². The number of nitrogens with zero attached hydrogens (tertiary/aromatic N) is 1. The lowest BCUT2D eigenvalue weighted by Crippen LogP contribution is -2.46. The Bertz CT molecular complexity index is 762. The number of rotatable bonds is 6. The Balaban J connectivity index is 1.53. The molecule has 3 N–H and O–H groups in total. The zero-order chi connectivity index (χ0) is 19.1. The summed E-state index contributed by atoms with van der Waals surface area (Å²) in [6, 6.07) is 17.3. The second-order valence-corrected chi connectivity index (χ2v) is 6.71. The maximum absolute atomic E-state index is 12.7. The molecule has 27 heavy (non-hydrogen) atoms. The van der Waals surface area contributed by atoms with Crippen molar-refractivity contribution >= 4 is 11.8 Å². The molecule has 0 aromatic heterocycles. The molecule has 6 heteroatoms. The molecule has 3 rings (SSSR count). The Hall–Kier alpha value is -2.86. The number of piperidine rings is 1. The smallest absolute Gasteiger partial charge is 0.253 e. The molecule has 0 aliphatic carbocycles. The summed E-state index contributed by atoms with van der Waals surface area (Å²) >= 11 is 0. The summed E-state index contributed by atoms with van der Waals surface area (Å²) in [7, 11) is 0. The first-order chi connectivity index (χ1) is 13.2. The molecule has 1 fully saturated rings. The van der Waals surface area contributed by atoms with Crippen molar-refractivity contribution in [1.29, 1.82) is 0 Å². The highest BCUT2D eigenvalue weighted by Crippen LogP contribution is 2.20. The predicted molar refractivity (Wildman–Crippen MR) is 103 cm³/mol. The van der Waals surface area contributed by atoms with Crippen LogP contribution in [-0.2, 0) is 11.2 Å². The molecule has 1 atom stereocenters. The van der Waals surface area contributed by atoms with Gasteiger partial charge in [-0.05, 0) is 42.7 Å². The topological polar surface area (TPSA) is 84.7 Å². The van der Waals surface area contributed by atoms with Gasteiger partial charge in [-0.2, -0.15) is 0 Å². The van der Waals surface area contributed by atoms with Crippen LogP contribution >= 0.6 is 0 Å². The van der Waals surface area contributed by atoms with E-state index in [1.807, 2.05) is 30.3 Å². The standard InChI is InChI=1S/C21H25N3O3/c22-23-20(25)18-7-4-13-24(15-18)21(26)17-8-10-19(11-9-17)27-14-12-16-5-2-1-3-6-16/h1-3,5-6,8-11,18H,4,7,12-15,22H2,(H,23,25). The van der Waals surface area contributed by atoms with E-state index < -0.39 is 0 Å². The van der Waals surface area contributed by atoms with E-state index in [1.165, 1.54) is 5.56 Å². The van der Waals surface area contributed by atoms with Gasteiger partial charge in [0.25, 0.3) is 5.91 Å². The Morgan fingerprint density at radius 1 is 1.11 bits per heavy atom. The molecule has 1 saturated heterocycles. The molecule has 2 aromatic rings. The van der Waals surface area contributed by atoms with Crippen molar-refractivity contribution in [1.82, 2.24) is 10.3 Å². The van der Waals surface area contributed by atoms with Crippen molar-refractivity contribution in [2.24, 2.45) is 11.8 Å². The molecule has 0 spiro atoms. The van der Waals surface area contributed by atoms with Crippen molar-refractivity contribution in [3.05, 3.63) is 65.7 Å². The number of likely N-dealkylation sites (tertiary alicyclic amines) is 1. The van der Waals surface area contributed by atoms with Gasteiger partial charge >= 0.3 is 0 Å².